The van der Waals surface area contributed by atoms with E-state index in [4.69, 9.17) is 23.2 Å². The zero-order chi connectivity index (χ0) is 13.4. The van der Waals surface area contributed by atoms with Crippen LogP contribution < -0.4 is 0 Å². The summed E-state index contributed by atoms with van der Waals surface area (Å²) in [7, 11) is 0. The fourth-order valence-electron chi connectivity index (χ4n) is 1.19. The summed E-state index contributed by atoms with van der Waals surface area (Å²) in [4.78, 5) is 13.2. The molecule has 0 unspecified atom stereocenters. The van der Waals surface area contributed by atoms with E-state index in [-0.39, 0.29) is 0 Å². The van der Waals surface area contributed by atoms with Gasteiger partial charge in [0.25, 0.3) is 0 Å². The lowest BCUT2D eigenvalue weighted by molar-refractivity contribution is 0.565. The number of nitrogens with zero attached hydrogens (tertiary/aromatic N) is 1. The SMILES string of the molecule is Cc1ccccc1.O=C=Nc1cc(Cl)cc(Cl)c1. The van der Waals surface area contributed by atoms with Crippen molar-refractivity contribution in [2.24, 2.45) is 4.99 Å². The van der Waals surface area contributed by atoms with Gasteiger partial charge in [-0.15, -0.1) is 0 Å². The van der Waals surface area contributed by atoms with Gasteiger partial charge in [0.1, 0.15) is 0 Å². The molecule has 0 aliphatic rings. The smallest absolute Gasteiger partial charge is 0.211 e. The topological polar surface area (TPSA) is 29.4 Å². The summed E-state index contributed by atoms with van der Waals surface area (Å²) in [5.41, 5.74) is 1.74. The van der Waals surface area contributed by atoms with Gasteiger partial charge < -0.3 is 0 Å². The molecule has 2 aromatic rings. The predicted octanol–water partition coefficient (Wildman–Crippen LogP) is 4.96. The van der Waals surface area contributed by atoms with Crippen LogP contribution in [0.4, 0.5) is 5.69 Å². The Kier molecular flexibility index (Phi) is 6.16. The molecule has 2 rings (SSSR count). The summed E-state index contributed by atoms with van der Waals surface area (Å²) in [5, 5.41) is 0.901. The summed E-state index contributed by atoms with van der Waals surface area (Å²) < 4.78 is 0. The van der Waals surface area contributed by atoms with E-state index in [1.165, 1.54) is 23.8 Å². The maximum Gasteiger partial charge on any atom is 0.240 e. The van der Waals surface area contributed by atoms with E-state index in [0.717, 1.165) is 0 Å². The van der Waals surface area contributed by atoms with Crippen molar-refractivity contribution in [1.29, 1.82) is 0 Å². The van der Waals surface area contributed by atoms with Crippen molar-refractivity contribution in [2.45, 2.75) is 6.92 Å². The Balaban J connectivity index is 0.000000199. The van der Waals surface area contributed by atoms with E-state index in [1.54, 1.807) is 6.07 Å². The number of carbonyl (C=O) groups excluding carboxylic acids is 1. The third-order valence-electron chi connectivity index (χ3n) is 1.96. The van der Waals surface area contributed by atoms with Crippen LogP contribution in [0.2, 0.25) is 10.0 Å². The number of hydrogen-bond acceptors (Lipinski definition) is 2. The van der Waals surface area contributed by atoms with Gasteiger partial charge >= 0.3 is 0 Å². The van der Waals surface area contributed by atoms with Crippen molar-refractivity contribution in [3.05, 3.63) is 64.1 Å². The van der Waals surface area contributed by atoms with E-state index in [2.05, 4.69) is 24.0 Å². The lowest BCUT2D eigenvalue weighted by atomic mass is 10.2. The van der Waals surface area contributed by atoms with Gasteiger partial charge in [0, 0.05) is 10.0 Å². The van der Waals surface area contributed by atoms with Crippen molar-refractivity contribution in [3.8, 4) is 0 Å². The maximum atomic E-state index is 9.82. The van der Waals surface area contributed by atoms with Gasteiger partial charge in [0.2, 0.25) is 6.08 Å². The highest BCUT2D eigenvalue weighted by molar-refractivity contribution is 6.35. The summed E-state index contributed by atoms with van der Waals surface area (Å²) in [5.74, 6) is 0. The second-order valence-electron chi connectivity index (χ2n) is 3.49. The molecule has 18 heavy (non-hydrogen) atoms. The quantitative estimate of drug-likeness (QED) is 0.536. The normalized spacial score (nSPS) is 8.83. The van der Waals surface area contributed by atoms with Gasteiger partial charge in [-0.2, -0.15) is 4.99 Å². The number of aliphatic imine (C=N–C) groups is 1. The zero-order valence-electron chi connectivity index (χ0n) is 9.73. The number of isocyanates is 1. The first-order chi connectivity index (χ1) is 8.61. The molecule has 0 amide bonds. The van der Waals surface area contributed by atoms with Gasteiger partial charge in [0.15, 0.2) is 0 Å². The summed E-state index contributed by atoms with van der Waals surface area (Å²) in [6, 6.07) is 14.9. The second-order valence-corrected chi connectivity index (χ2v) is 4.36. The molecule has 0 atom stereocenters. The molecule has 2 nitrogen and oxygen atoms in total. The lowest BCUT2D eigenvalue weighted by Crippen LogP contribution is -1.67. The summed E-state index contributed by atoms with van der Waals surface area (Å²) in [6.07, 6.45) is 1.40. The van der Waals surface area contributed by atoms with Crippen LogP contribution in [0.1, 0.15) is 5.56 Å². The van der Waals surface area contributed by atoms with E-state index in [1.807, 2.05) is 18.2 Å². The number of rotatable bonds is 1. The van der Waals surface area contributed by atoms with Crippen LogP contribution in [-0.2, 0) is 4.79 Å². The van der Waals surface area contributed by atoms with Gasteiger partial charge in [0.05, 0.1) is 5.69 Å². The first-order valence-electron chi connectivity index (χ1n) is 5.17. The third-order valence-corrected chi connectivity index (χ3v) is 2.40. The Morgan fingerprint density at radius 2 is 1.56 bits per heavy atom. The zero-order valence-corrected chi connectivity index (χ0v) is 11.2. The average Bonchev–Trinajstić information content (AvgIpc) is 2.30. The largest absolute Gasteiger partial charge is 0.240 e. The van der Waals surface area contributed by atoms with Crippen LogP contribution in [0.3, 0.4) is 0 Å². The Hall–Kier alpha value is -1.60. The monoisotopic (exact) mass is 279 g/mol. The molecule has 4 heteroatoms. The van der Waals surface area contributed by atoms with Gasteiger partial charge in [-0.1, -0.05) is 59.1 Å². The molecule has 0 saturated carbocycles. The van der Waals surface area contributed by atoms with Crippen LogP contribution in [0.25, 0.3) is 0 Å². The lowest BCUT2D eigenvalue weighted by Gasteiger charge is -1.93. The van der Waals surface area contributed by atoms with Crippen molar-refractivity contribution in [2.75, 3.05) is 0 Å². The van der Waals surface area contributed by atoms with E-state index in [9.17, 15) is 4.79 Å². The molecule has 0 bridgehead atoms. The molecule has 0 heterocycles. The number of aryl methyl sites for hydroxylation is 1. The average molecular weight is 280 g/mol. The highest BCUT2D eigenvalue weighted by atomic mass is 35.5. The Morgan fingerprint density at radius 3 is 1.94 bits per heavy atom. The third kappa shape index (κ3) is 5.65. The highest BCUT2D eigenvalue weighted by Crippen LogP contribution is 2.23. The molecule has 0 fully saturated rings. The highest BCUT2D eigenvalue weighted by Gasteiger charge is 1.95. The molecule has 0 saturated heterocycles. The Morgan fingerprint density at radius 1 is 1.00 bits per heavy atom. The number of hydrogen-bond donors (Lipinski definition) is 0. The molecular weight excluding hydrogens is 269 g/mol. The molecule has 0 aliphatic heterocycles. The van der Waals surface area contributed by atoms with E-state index in [0.29, 0.717) is 15.7 Å². The van der Waals surface area contributed by atoms with E-state index < -0.39 is 0 Å². The van der Waals surface area contributed by atoms with Gasteiger partial charge in [-0.25, -0.2) is 4.79 Å². The van der Waals surface area contributed by atoms with Crippen molar-refractivity contribution < 1.29 is 4.79 Å². The Bertz CT molecular complexity index is 529. The molecular formula is C14H11Cl2NO. The van der Waals surface area contributed by atoms with Crippen LogP contribution in [0, 0.1) is 6.92 Å². The minimum atomic E-state index is 0.414. The standard InChI is InChI=1S/C7H3Cl2NO.C7H8/c8-5-1-6(9)3-7(2-5)10-4-11;1-7-5-3-2-4-6-7/h1-3H;2-6H,1H3. The predicted molar refractivity (Wildman–Crippen MR) is 75.4 cm³/mol. The molecule has 0 radical (unpaired) electrons. The first kappa shape index (κ1) is 14.5. The second kappa shape index (κ2) is 7.67. The Labute approximate surface area is 116 Å². The molecule has 0 spiro atoms. The fourth-order valence-corrected chi connectivity index (χ4v) is 1.71. The maximum absolute atomic E-state index is 9.82. The molecule has 0 N–H and O–H groups in total. The minimum absolute atomic E-state index is 0.414. The fraction of sp³-hybridized carbons (Fsp3) is 0.0714. The van der Waals surface area contributed by atoms with Crippen molar-refractivity contribution in [1.82, 2.24) is 0 Å². The van der Waals surface area contributed by atoms with Crippen LogP contribution in [0.5, 0.6) is 0 Å². The van der Waals surface area contributed by atoms with Crippen LogP contribution in [-0.4, -0.2) is 6.08 Å². The molecule has 0 aliphatic carbocycles. The van der Waals surface area contributed by atoms with Gasteiger partial charge in [-0.3, -0.25) is 0 Å². The summed E-state index contributed by atoms with van der Waals surface area (Å²) >= 11 is 11.2. The van der Waals surface area contributed by atoms with E-state index >= 15 is 0 Å². The molecule has 2 aromatic carbocycles. The molecule has 0 aromatic heterocycles. The number of halogens is 2. The van der Waals surface area contributed by atoms with Crippen molar-refractivity contribution in [3.63, 3.8) is 0 Å². The summed E-state index contributed by atoms with van der Waals surface area (Å²) in [6.45, 7) is 2.08. The van der Waals surface area contributed by atoms with Gasteiger partial charge in [-0.05, 0) is 25.1 Å². The molecule has 92 valence electrons. The van der Waals surface area contributed by atoms with Crippen molar-refractivity contribution >= 4 is 35.0 Å². The minimum Gasteiger partial charge on any atom is -0.211 e. The first-order valence-corrected chi connectivity index (χ1v) is 5.93. The van der Waals surface area contributed by atoms with Crippen LogP contribution >= 0.6 is 23.2 Å². The number of benzene rings is 2. The van der Waals surface area contributed by atoms with Crippen LogP contribution in [0.15, 0.2) is 53.5 Å².